The van der Waals surface area contributed by atoms with E-state index in [0.717, 1.165) is 6.42 Å². The van der Waals surface area contributed by atoms with E-state index < -0.39 is 0 Å². The molecule has 0 heterocycles. The topological polar surface area (TPSA) is 55.1 Å². The van der Waals surface area contributed by atoms with Crippen molar-refractivity contribution in [3.05, 3.63) is 0 Å². The Morgan fingerprint density at radius 3 is 2.53 bits per heavy atom. The summed E-state index contributed by atoms with van der Waals surface area (Å²) in [5.74, 6) is 2.21. The number of hydrogen-bond acceptors (Lipinski definition) is 2. The van der Waals surface area contributed by atoms with Crippen LogP contribution in [0.25, 0.3) is 0 Å². The van der Waals surface area contributed by atoms with Gasteiger partial charge in [-0.25, -0.2) is 0 Å². The number of hydrogen-bond donors (Lipinski definition) is 2. The molecule has 1 amide bonds. The van der Waals surface area contributed by atoms with Gasteiger partial charge in [0.1, 0.15) is 0 Å². The Bertz CT molecular complexity index is 315. The molecule has 6 unspecified atom stereocenters. The van der Waals surface area contributed by atoms with Crippen LogP contribution >= 0.6 is 0 Å². The second-order valence-electron chi connectivity index (χ2n) is 6.46. The van der Waals surface area contributed by atoms with E-state index in [0.29, 0.717) is 23.8 Å². The number of amides is 1. The molecular weight excluding hydrogens is 212 g/mol. The Labute approximate surface area is 104 Å². The number of fused-ring (bicyclic) bond motifs is 2. The van der Waals surface area contributed by atoms with Crippen molar-refractivity contribution >= 4 is 5.91 Å². The number of carbonyl (C=O) groups excluding carboxylic acids is 1. The van der Waals surface area contributed by atoms with Gasteiger partial charge >= 0.3 is 0 Å². The van der Waals surface area contributed by atoms with Crippen molar-refractivity contribution < 1.29 is 4.79 Å². The molecule has 0 spiro atoms. The third-order valence-electron chi connectivity index (χ3n) is 5.47. The van der Waals surface area contributed by atoms with Gasteiger partial charge in [-0.2, -0.15) is 0 Å². The highest BCUT2D eigenvalue weighted by molar-refractivity contribution is 5.80. The third-order valence-corrected chi connectivity index (χ3v) is 5.47. The molecule has 3 heteroatoms. The Kier molecular flexibility index (Phi) is 2.89. The molecule has 0 radical (unpaired) electrons. The minimum Gasteiger partial charge on any atom is -0.353 e. The first-order chi connectivity index (χ1) is 8.16. The highest BCUT2D eigenvalue weighted by Crippen LogP contribution is 2.47. The molecule has 3 N–H and O–H groups in total. The fraction of sp³-hybridized carbons (Fsp3) is 0.929. The molecule has 0 aromatic rings. The fourth-order valence-corrected chi connectivity index (χ4v) is 4.36. The standard InChI is InChI=1S/C14H24N2O/c1-8-3-2-4-11(8)16-14(17)12-9-5-6-10(7-9)13(12)15/h8-13H,2-7,15H2,1H3,(H,16,17). The Morgan fingerprint density at radius 2 is 1.94 bits per heavy atom. The highest BCUT2D eigenvalue weighted by Gasteiger charge is 2.49. The summed E-state index contributed by atoms with van der Waals surface area (Å²) in [7, 11) is 0. The highest BCUT2D eigenvalue weighted by atomic mass is 16.2. The maximum atomic E-state index is 12.4. The first kappa shape index (κ1) is 11.5. The summed E-state index contributed by atoms with van der Waals surface area (Å²) in [6.07, 6.45) is 7.33. The number of nitrogens with two attached hydrogens (primary N) is 1. The van der Waals surface area contributed by atoms with Gasteiger partial charge in [0.05, 0.1) is 5.92 Å². The zero-order valence-corrected chi connectivity index (χ0v) is 10.7. The van der Waals surface area contributed by atoms with Gasteiger partial charge in [-0.1, -0.05) is 13.3 Å². The molecule has 0 saturated heterocycles. The van der Waals surface area contributed by atoms with Crippen molar-refractivity contribution in [3.63, 3.8) is 0 Å². The van der Waals surface area contributed by atoms with Crippen molar-refractivity contribution in [1.29, 1.82) is 0 Å². The van der Waals surface area contributed by atoms with E-state index in [2.05, 4.69) is 12.2 Å². The summed E-state index contributed by atoms with van der Waals surface area (Å²) in [5.41, 5.74) is 6.21. The van der Waals surface area contributed by atoms with Gasteiger partial charge in [0.2, 0.25) is 5.91 Å². The largest absolute Gasteiger partial charge is 0.353 e. The van der Waals surface area contributed by atoms with Crippen LogP contribution in [0.5, 0.6) is 0 Å². The summed E-state index contributed by atoms with van der Waals surface area (Å²) in [5, 5.41) is 3.27. The van der Waals surface area contributed by atoms with E-state index in [1.165, 1.54) is 32.1 Å². The van der Waals surface area contributed by atoms with Crippen molar-refractivity contribution in [1.82, 2.24) is 5.32 Å². The second kappa shape index (κ2) is 4.27. The van der Waals surface area contributed by atoms with Crippen molar-refractivity contribution in [2.24, 2.45) is 29.4 Å². The van der Waals surface area contributed by atoms with Crippen LogP contribution in [0.2, 0.25) is 0 Å². The van der Waals surface area contributed by atoms with Gasteiger partial charge < -0.3 is 11.1 Å². The van der Waals surface area contributed by atoms with Crippen LogP contribution in [0.3, 0.4) is 0 Å². The van der Waals surface area contributed by atoms with Gasteiger partial charge in [0.15, 0.2) is 0 Å². The Balaban J connectivity index is 1.63. The number of rotatable bonds is 2. The van der Waals surface area contributed by atoms with Gasteiger partial charge in [-0.15, -0.1) is 0 Å². The molecule has 3 rings (SSSR count). The molecule has 17 heavy (non-hydrogen) atoms. The van der Waals surface area contributed by atoms with Crippen LogP contribution in [0.1, 0.15) is 45.4 Å². The fourth-order valence-electron chi connectivity index (χ4n) is 4.36. The molecule has 6 atom stereocenters. The van der Waals surface area contributed by atoms with Gasteiger partial charge in [-0.3, -0.25) is 4.79 Å². The zero-order chi connectivity index (χ0) is 12.0. The van der Waals surface area contributed by atoms with Crippen LogP contribution in [0, 0.1) is 23.7 Å². The SMILES string of the molecule is CC1CCCC1NC(=O)C1C2CCC(C2)C1N. The predicted octanol–water partition coefficient (Wildman–Crippen LogP) is 1.66. The molecule has 3 saturated carbocycles. The van der Waals surface area contributed by atoms with Crippen molar-refractivity contribution in [3.8, 4) is 0 Å². The third kappa shape index (κ3) is 1.88. The summed E-state index contributed by atoms with van der Waals surface area (Å²) in [4.78, 5) is 12.4. The smallest absolute Gasteiger partial charge is 0.225 e. The maximum absolute atomic E-state index is 12.4. The lowest BCUT2D eigenvalue weighted by Gasteiger charge is -2.29. The molecule has 3 aliphatic carbocycles. The average Bonchev–Trinajstić information content (AvgIpc) is 2.95. The van der Waals surface area contributed by atoms with E-state index in [-0.39, 0.29) is 17.9 Å². The molecule has 0 aromatic heterocycles. The van der Waals surface area contributed by atoms with E-state index in [9.17, 15) is 4.79 Å². The van der Waals surface area contributed by atoms with Crippen LogP contribution in [0.15, 0.2) is 0 Å². The lowest BCUT2D eigenvalue weighted by molar-refractivity contribution is -0.128. The lowest BCUT2D eigenvalue weighted by Crippen LogP contribution is -2.48. The molecule has 0 aliphatic heterocycles. The van der Waals surface area contributed by atoms with Gasteiger partial charge in [0.25, 0.3) is 0 Å². The lowest BCUT2D eigenvalue weighted by atomic mass is 9.84. The molecule has 3 nitrogen and oxygen atoms in total. The first-order valence-electron chi connectivity index (χ1n) is 7.22. The van der Waals surface area contributed by atoms with E-state index in [1.807, 2.05) is 0 Å². The average molecular weight is 236 g/mol. The maximum Gasteiger partial charge on any atom is 0.225 e. The zero-order valence-electron chi connectivity index (χ0n) is 10.7. The minimum atomic E-state index is 0.113. The van der Waals surface area contributed by atoms with Gasteiger partial charge in [-0.05, 0) is 49.9 Å². The summed E-state index contributed by atoms with van der Waals surface area (Å²) >= 11 is 0. The molecule has 3 fully saturated rings. The molecule has 3 aliphatic rings. The number of nitrogens with one attached hydrogen (secondary N) is 1. The van der Waals surface area contributed by atoms with Crippen LogP contribution in [-0.2, 0) is 4.79 Å². The van der Waals surface area contributed by atoms with Crippen LogP contribution in [0.4, 0.5) is 0 Å². The predicted molar refractivity (Wildman–Crippen MR) is 67.2 cm³/mol. The molecular formula is C14H24N2O. The molecule has 0 aromatic carbocycles. The van der Waals surface area contributed by atoms with Crippen molar-refractivity contribution in [2.75, 3.05) is 0 Å². The van der Waals surface area contributed by atoms with E-state index >= 15 is 0 Å². The summed E-state index contributed by atoms with van der Waals surface area (Å²) < 4.78 is 0. The molecule has 2 bridgehead atoms. The normalized spacial score (nSPS) is 48.6. The Hall–Kier alpha value is -0.570. The summed E-state index contributed by atoms with van der Waals surface area (Å²) in [6, 6.07) is 0.541. The van der Waals surface area contributed by atoms with Crippen LogP contribution in [-0.4, -0.2) is 18.0 Å². The summed E-state index contributed by atoms with van der Waals surface area (Å²) in [6.45, 7) is 2.25. The van der Waals surface area contributed by atoms with Crippen LogP contribution < -0.4 is 11.1 Å². The van der Waals surface area contributed by atoms with Crippen molar-refractivity contribution in [2.45, 2.75) is 57.5 Å². The molecule has 96 valence electrons. The second-order valence-corrected chi connectivity index (χ2v) is 6.46. The van der Waals surface area contributed by atoms with Gasteiger partial charge in [0, 0.05) is 12.1 Å². The Morgan fingerprint density at radius 1 is 1.18 bits per heavy atom. The van der Waals surface area contributed by atoms with E-state index in [4.69, 9.17) is 5.73 Å². The first-order valence-corrected chi connectivity index (χ1v) is 7.22. The quantitative estimate of drug-likeness (QED) is 0.766. The minimum absolute atomic E-state index is 0.113. The number of carbonyl (C=O) groups is 1. The monoisotopic (exact) mass is 236 g/mol. The van der Waals surface area contributed by atoms with E-state index in [1.54, 1.807) is 0 Å².